The summed E-state index contributed by atoms with van der Waals surface area (Å²) in [5.74, 6) is -0.688. The molecule has 1 aliphatic heterocycles. The largest absolute Gasteiger partial charge is 0.417 e. The Morgan fingerprint density at radius 1 is 1.45 bits per heavy atom. The predicted octanol–water partition coefficient (Wildman–Crippen LogP) is 2.09. The maximum absolute atomic E-state index is 12.6. The van der Waals surface area contributed by atoms with E-state index in [4.69, 9.17) is 0 Å². The van der Waals surface area contributed by atoms with Crippen LogP contribution >= 0.6 is 0 Å². The maximum atomic E-state index is 12.6. The first kappa shape index (κ1) is 14.9. The van der Waals surface area contributed by atoms with E-state index in [0.29, 0.717) is 20.0 Å². The second-order valence-corrected chi connectivity index (χ2v) is 5.34. The van der Waals surface area contributed by atoms with Crippen LogP contribution < -0.4 is 0 Å². The van der Waals surface area contributed by atoms with Crippen LogP contribution in [-0.2, 0) is 11.3 Å². The molecule has 1 amide bonds. The van der Waals surface area contributed by atoms with Gasteiger partial charge in [-0.1, -0.05) is 0 Å². The van der Waals surface area contributed by atoms with E-state index in [1.165, 1.54) is 4.90 Å². The summed E-state index contributed by atoms with van der Waals surface area (Å²) in [6.07, 6.45) is -3.90. The molecule has 0 fully saturated rings. The summed E-state index contributed by atoms with van der Waals surface area (Å²) < 4.78 is 39.8. The van der Waals surface area contributed by atoms with Gasteiger partial charge in [0.25, 0.3) is 0 Å². The van der Waals surface area contributed by atoms with Gasteiger partial charge in [-0.25, -0.2) is 0 Å². The van der Waals surface area contributed by atoms with Crippen molar-refractivity contribution in [2.75, 3.05) is 6.54 Å². The van der Waals surface area contributed by atoms with Gasteiger partial charge >= 0.3 is 6.18 Å². The van der Waals surface area contributed by atoms with Gasteiger partial charge in [0.2, 0.25) is 5.91 Å². The fourth-order valence-electron chi connectivity index (χ4n) is 2.42. The van der Waals surface area contributed by atoms with E-state index in [1.807, 2.05) is 22.9 Å². The molecular formula is C13H17F3N2O2. The Balaban J connectivity index is 2.12. The molecule has 2 atom stereocenters. The topological polar surface area (TPSA) is 45.5 Å². The van der Waals surface area contributed by atoms with Crippen LogP contribution in [0.25, 0.3) is 0 Å². The quantitative estimate of drug-likeness (QED) is 0.906. The monoisotopic (exact) mass is 290 g/mol. The van der Waals surface area contributed by atoms with Crippen molar-refractivity contribution in [2.24, 2.45) is 0 Å². The Morgan fingerprint density at radius 3 is 2.70 bits per heavy atom. The van der Waals surface area contributed by atoms with Crippen molar-refractivity contribution in [2.45, 2.75) is 44.6 Å². The Morgan fingerprint density at radius 2 is 2.10 bits per heavy atom. The number of hydrogen-bond acceptors (Lipinski definition) is 2. The molecule has 0 spiro atoms. The fraction of sp³-hybridized carbons (Fsp3) is 0.615. The number of fused-ring (bicyclic) bond motifs is 1. The van der Waals surface area contributed by atoms with Gasteiger partial charge in [0.1, 0.15) is 0 Å². The zero-order valence-corrected chi connectivity index (χ0v) is 11.3. The molecule has 1 aromatic rings. The molecule has 0 radical (unpaired) electrons. The van der Waals surface area contributed by atoms with E-state index in [0.717, 1.165) is 5.69 Å². The van der Waals surface area contributed by atoms with E-state index in [1.54, 1.807) is 6.92 Å². The highest BCUT2D eigenvalue weighted by Gasteiger charge is 2.51. The number of aliphatic hydroxyl groups is 1. The Bertz CT molecular complexity index is 508. The van der Waals surface area contributed by atoms with Crippen LogP contribution in [0.1, 0.15) is 32.0 Å². The summed E-state index contributed by atoms with van der Waals surface area (Å²) in [5.41, 5.74) is -2.11. The Labute approximate surface area is 114 Å². The molecule has 0 bridgehead atoms. The van der Waals surface area contributed by atoms with Gasteiger partial charge in [0, 0.05) is 25.0 Å². The first-order chi connectivity index (χ1) is 9.13. The van der Waals surface area contributed by atoms with Crippen molar-refractivity contribution < 1.29 is 23.1 Å². The third kappa shape index (κ3) is 2.54. The lowest BCUT2D eigenvalue weighted by atomic mass is 9.99. The number of carbonyl (C=O) groups excluding carboxylic acids is 1. The molecule has 0 aromatic carbocycles. The standard InChI is InChI=1S/C13H17F3N2O2/c1-9-10-4-3-5-17(10)6-7-18(9)11(19)8-12(2,20)13(14,15)16/h3-5,9,20H,6-8H2,1-2H3/t9-,12+/m1/s1. The first-order valence-corrected chi connectivity index (χ1v) is 6.37. The Kier molecular flexibility index (Phi) is 3.58. The summed E-state index contributed by atoms with van der Waals surface area (Å²) >= 11 is 0. The number of carbonyl (C=O) groups is 1. The molecular weight excluding hydrogens is 273 g/mol. The number of amides is 1. The van der Waals surface area contributed by atoms with Gasteiger partial charge in [-0.3, -0.25) is 4.79 Å². The lowest BCUT2D eigenvalue weighted by Crippen LogP contribution is -2.49. The molecule has 7 heteroatoms. The van der Waals surface area contributed by atoms with Crippen LogP contribution in [-0.4, -0.2) is 38.8 Å². The van der Waals surface area contributed by atoms with Crippen LogP contribution in [0.4, 0.5) is 13.2 Å². The van der Waals surface area contributed by atoms with E-state index in [9.17, 15) is 23.1 Å². The highest BCUT2D eigenvalue weighted by molar-refractivity contribution is 5.78. The van der Waals surface area contributed by atoms with Crippen molar-refractivity contribution >= 4 is 5.91 Å². The SMILES string of the molecule is C[C@@H]1c2cccn2CCN1C(=O)C[C@](C)(O)C(F)(F)F. The van der Waals surface area contributed by atoms with Gasteiger partial charge in [-0.05, 0) is 26.0 Å². The second-order valence-electron chi connectivity index (χ2n) is 5.34. The summed E-state index contributed by atoms with van der Waals surface area (Å²) in [7, 11) is 0. The zero-order valence-electron chi connectivity index (χ0n) is 11.3. The second kappa shape index (κ2) is 4.80. The molecule has 20 heavy (non-hydrogen) atoms. The average molecular weight is 290 g/mol. The van der Waals surface area contributed by atoms with Crippen molar-refractivity contribution in [1.82, 2.24) is 9.47 Å². The van der Waals surface area contributed by atoms with Gasteiger partial charge in [0.15, 0.2) is 5.60 Å². The van der Waals surface area contributed by atoms with Crippen molar-refractivity contribution in [3.05, 3.63) is 24.0 Å². The predicted molar refractivity (Wildman–Crippen MR) is 65.9 cm³/mol. The molecule has 0 saturated heterocycles. The molecule has 1 N–H and O–H groups in total. The number of halogens is 3. The summed E-state index contributed by atoms with van der Waals surface area (Å²) in [5, 5.41) is 9.42. The van der Waals surface area contributed by atoms with E-state index < -0.39 is 24.1 Å². The highest BCUT2D eigenvalue weighted by atomic mass is 19.4. The summed E-state index contributed by atoms with van der Waals surface area (Å²) in [6.45, 7) is 3.29. The first-order valence-electron chi connectivity index (χ1n) is 6.37. The maximum Gasteiger partial charge on any atom is 0.417 e. The third-order valence-electron chi connectivity index (χ3n) is 3.77. The third-order valence-corrected chi connectivity index (χ3v) is 3.77. The summed E-state index contributed by atoms with van der Waals surface area (Å²) in [4.78, 5) is 13.4. The molecule has 4 nitrogen and oxygen atoms in total. The van der Waals surface area contributed by atoms with Crippen molar-refractivity contribution in [3.63, 3.8) is 0 Å². The van der Waals surface area contributed by atoms with Crippen LogP contribution in [0.15, 0.2) is 18.3 Å². The minimum Gasteiger partial charge on any atom is -0.380 e. The Hall–Kier alpha value is -1.50. The van der Waals surface area contributed by atoms with Gasteiger partial charge in [-0.2, -0.15) is 13.2 Å². The van der Waals surface area contributed by atoms with Crippen molar-refractivity contribution in [1.29, 1.82) is 0 Å². The molecule has 1 aliphatic rings. The number of hydrogen-bond donors (Lipinski definition) is 1. The van der Waals surface area contributed by atoms with E-state index >= 15 is 0 Å². The summed E-state index contributed by atoms with van der Waals surface area (Å²) in [6, 6.07) is 3.38. The van der Waals surface area contributed by atoms with Crippen LogP contribution in [0.2, 0.25) is 0 Å². The van der Waals surface area contributed by atoms with Crippen molar-refractivity contribution in [3.8, 4) is 0 Å². The van der Waals surface area contributed by atoms with Crippen LogP contribution in [0, 0.1) is 0 Å². The number of rotatable bonds is 2. The lowest BCUT2D eigenvalue weighted by molar-refractivity contribution is -0.254. The number of alkyl halides is 3. The fourth-order valence-corrected chi connectivity index (χ4v) is 2.42. The van der Waals surface area contributed by atoms with Crippen LogP contribution in [0.3, 0.4) is 0 Å². The molecule has 112 valence electrons. The number of aromatic nitrogens is 1. The van der Waals surface area contributed by atoms with Crippen LogP contribution in [0.5, 0.6) is 0 Å². The van der Waals surface area contributed by atoms with E-state index in [-0.39, 0.29) is 6.04 Å². The van der Waals surface area contributed by atoms with Gasteiger partial charge in [-0.15, -0.1) is 0 Å². The average Bonchev–Trinajstić information content (AvgIpc) is 2.75. The molecule has 0 aliphatic carbocycles. The highest BCUT2D eigenvalue weighted by Crippen LogP contribution is 2.34. The van der Waals surface area contributed by atoms with Gasteiger partial charge in [0.05, 0.1) is 12.5 Å². The minimum absolute atomic E-state index is 0.296. The molecule has 1 aromatic heterocycles. The van der Waals surface area contributed by atoms with E-state index in [2.05, 4.69) is 0 Å². The number of nitrogens with zero attached hydrogens (tertiary/aromatic N) is 2. The zero-order chi connectivity index (χ0) is 15.1. The molecule has 0 saturated carbocycles. The lowest BCUT2D eigenvalue weighted by Gasteiger charge is -2.37. The molecule has 0 unspecified atom stereocenters. The molecule has 2 rings (SSSR count). The molecule has 2 heterocycles. The minimum atomic E-state index is -4.82. The smallest absolute Gasteiger partial charge is 0.380 e. The normalized spacial score (nSPS) is 22.3. The van der Waals surface area contributed by atoms with Gasteiger partial charge < -0.3 is 14.6 Å².